The second-order valence-electron chi connectivity index (χ2n) is 11.2. The van der Waals surface area contributed by atoms with Crippen molar-refractivity contribution in [2.75, 3.05) is 31.1 Å². The Balaban J connectivity index is 1.07. The fourth-order valence-corrected chi connectivity index (χ4v) is 8.07. The molecule has 7 rings (SSSR count). The predicted molar refractivity (Wildman–Crippen MR) is 121 cm³/mol. The molecule has 4 aliphatic carbocycles. The monoisotopic (exact) mass is 421 g/mol. The van der Waals surface area contributed by atoms with Crippen LogP contribution in [-0.2, 0) is 15.0 Å². The number of hydrogen-bond donors (Lipinski definition) is 1. The summed E-state index contributed by atoms with van der Waals surface area (Å²) in [6.45, 7) is 4.83. The zero-order chi connectivity index (χ0) is 21.2. The lowest BCUT2D eigenvalue weighted by Crippen LogP contribution is -2.57. The van der Waals surface area contributed by atoms with Crippen LogP contribution in [0.15, 0.2) is 24.3 Å². The second kappa shape index (κ2) is 7.33. The van der Waals surface area contributed by atoms with Gasteiger partial charge in [-0.15, -0.1) is 0 Å². The zero-order valence-electron chi connectivity index (χ0n) is 18.7. The van der Waals surface area contributed by atoms with Crippen molar-refractivity contribution in [2.24, 2.45) is 23.7 Å². The number of piperidine rings is 1. The van der Waals surface area contributed by atoms with Gasteiger partial charge in [-0.25, -0.2) is 0 Å². The van der Waals surface area contributed by atoms with Crippen molar-refractivity contribution in [3.8, 4) is 0 Å². The Hall–Kier alpha value is -1.88. The molecule has 1 N–H and O–H groups in total. The minimum absolute atomic E-state index is 0.0522. The molecule has 0 radical (unpaired) electrons. The predicted octanol–water partition coefficient (Wildman–Crippen LogP) is 3.33. The number of amides is 2. The lowest BCUT2D eigenvalue weighted by atomic mass is 9.54. The molecule has 5 heteroatoms. The Morgan fingerprint density at radius 3 is 2.29 bits per heavy atom. The van der Waals surface area contributed by atoms with Gasteiger partial charge in [0.1, 0.15) is 0 Å². The molecule has 4 bridgehead atoms. The van der Waals surface area contributed by atoms with Crippen LogP contribution < -0.4 is 10.2 Å². The minimum atomic E-state index is 0.0522. The minimum Gasteiger partial charge on any atom is -0.352 e. The Morgan fingerprint density at radius 2 is 1.65 bits per heavy atom. The number of fused-ring (bicyclic) bond motifs is 2. The summed E-state index contributed by atoms with van der Waals surface area (Å²) in [7, 11) is 0. The largest absolute Gasteiger partial charge is 0.352 e. The smallest absolute Gasteiger partial charge is 0.234 e. The number of rotatable bonds is 3. The lowest BCUT2D eigenvalue weighted by Gasteiger charge is -2.54. The number of anilines is 1. The molecular formula is C26H35N3O2. The molecule has 1 spiro atoms. The van der Waals surface area contributed by atoms with Gasteiger partial charge in [-0.3, -0.25) is 14.5 Å². The van der Waals surface area contributed by atoms with Gasteiger partial charge in [0.2, 0.25) is 11.8 Å². The van der Waals surface area contributed by atoms with Gasteiger partial charge in [-0.2, -0.15) is 0 Å². The van der Waals surface area contributed by atoms with Gasteiger partial charge in [-0.05, 0) is 93.3 Å². The SMILES string of the molecule is CC(=O)N1CC2(CCN(CC(=O)NC3C4CC5CC(C4)CC3C5)CC2)c2ccccc21. The summed E-state index contributed by atoms with van der Waals surface area (Å²) in [4.78, 5) is 29.4. The molecule has 166 valence electrons. The summed E-state index contributed by atoms with van der Waals surface area (Å²) in [6, 6.07) is 8.83. The molecule has 31 heavy (non-hydrogen) atoms. The average Bonchev–Trinajstić information content (AvgIpc) is 3.07. The van der Waals surface area contributed by atoms with Gasteiger partial charge in [0, 0.05) is 30.6 Å². The molecule has 5 nitrogen and oxygen atoms in total. The van der Waals surface area contributed by atoms with E-state index in [2.05, 4.69) is 28.4 Å². The topological polar surface area (TPSA) is 52.7 Å². The molecule has 1 saturated heterocycles. The van der Waals surface area contributed by atoms with Crippen molar-refractivity contribution in [3.05, 3.63) is 29.8 Å². The molecule has 2 amide bonds. The van der Waals surface area contributed by atoms with Crippen molar-refractivity contribution < 1.29 is 9.59 Å². The number of carbonyl (C=O) groups excluding carboxylic acids is 2. The van der Waals surface area contributed by atoms with Crippen LogP contribution in [0.2, 0.25) is 0 Å². The maximum absolute atomic E-state index is 13.0. The van der Waals surface area contributed by atoms with E-state index in [9.17, 15) is 9.59 Å². The number of benzene rings is 1. The Kier molecular flexibility index (Phi) is 4.68. The van der Waals surface area contributed by atoms with E-state index >= 15 is 0 Å². The summed E-state index contributed by atoms with van der Waals surface area (Å²) in [6.07, 6.45) is 8.85. The average molecular weight is 422 g/mol. The van der Waals surface area contributed by atoms with E-state index in [1.54, 1.807) is 6.92 Å². The van der Waals surface area contributed by atoms with Crippen molar-refractivity contribution >= 4 is 17.5 Å². The summed E-state index contributed by atoms with van der Waals surface area (Å²) in [5.41, 5.74) is 2.46. The maximum atomic E-state index is 13.0. The molecule has 4 saturated carbocycles. The summed E-state index contributed by atoms with van der Waals surface area (Å²) >= 11 is 0. The third-order valence-corrected chi connectivity index (χ3v) is 9.34. The van der Waals surface area contributed by atoms with Gasteiger partial charge >= 0.3 is 0 Å². The van der Waals surface area contributed by atoms with Crippen molar-refractivity contribution in [1.82, 2.24) is 10.2 Å². The lowest BCUT2D eigenvalue weighted by molar-refractivity contribution is -0.126. The number of nitrogens with zero attached hydrogens (tertiary/aromatic N) is 2. The van der Waals surface area contributed by atoms with Gasteiger partial charge in [0.05, 0.1) is 6.54 Å². The van der Waals surface area contributed by atoms with E-state index in [1.807, 2.05) is 11.0 Å². The van der Waals surface area contributed by atoms with E-state index in [1.165, 1.54) is 37.7 Å². The molecule has 6 aliphatic rings. The molecule has 5 fully saturated rings. The normalized spacial score (nSPS) is 35.4. The van der Waals surface area contributed by atoms with Crippen molar-refractivity contribution in [2.45, 2.75) is 63.3 Å². The number of carbonyl (C=O) groups is 2. The van der Waals surface area contributed by atoms with Gasteiger partial charge in [0.25, 0.3) is 0 Å². The number of hydrogen-bond acceptors (Lipinski definition) is 3. The van der Waals surface area contributed by atoms with Gasteiger partial charge < -0.3 is 10.2 Å². The highest BCUT2D eigenvalue weighted by molar-refractivity contribution is 5.94. The Morgan fingerprint density at radius 1 is 1.00 bits per heavy atom. The first-order chi connectivity index (χ1) is 15.0. The van der Waals surface area contributed by atoms with Crippen LogP contribution in [0.3, 0.4) is 0 Å². The number of nitrogens with one attached hydrogen (secondary N) is 1. The summed E-state index contributed by atoms with van der Waals surface area (Å²) < 4.78 is 0. The number of para-hydroxylation sites is 1. The fraction of sp³-hybridized carbons (Fsp3) is 0.692. The Bertz CT molecular complexity index is 860. The summed E-state index contributed by atoms with van der Waals surface area (Å²) in [5, 5.41) is 3.47. The van der Waals surface area contributed by atoms with E-state index < -0.39 is 0 Å². The molecule has 1 aromatic rings. The molecule has 2 aliphatic heterocycles. The van der Waals surface area contributed by atoms with E-state index in [4.69, 9.17) is 0 Å². The van der Waals surface area contributed by atoms with Crippen LogP contribution in [0.5, 0.6) is 0 Å². The first kappa shape index (κ1) is 19.8. The van der Waals surface area contributed by atoms with E-state index in [0.717, 1.165) is 61.8 Å². The Labute approximate surface area is 185 Å². The maximum Gasteiger partial charge on any atom is 0.234 e. The highest BCUT2D eigenvalue weighted by atomic mass is 16.2. The van der Waals surface area contributed by atoms with Gasteiger partial charge in [-0.1, -0.05) is 18.2 Å². The molecule has 0 atom stereocenters. The van der Waals surface area contributed by atoms with Crippen molar-refractivity contribution in [3.63, 3.8) is 0 Å². The standard InChI is InChI=1S/C26H35N3O2/c1-17(30)29-16-26(22-4-2-3-5-23(22)29)6-8-28(9-7-26)15-24(31)27-25-20-11-18-10-19(13-20)14-21(25)12-18/h2-5,18-21,25H,6-16H2,1H3,(H,27,31). The third kappa shape index (κ3) is 3.31. The fourth-order valence-electron chi connectivity index (χ4n) is 8.07. The first-order valence-corrected chi connectivity index (χ1v) is 12.4. The molecular weight excluding hydrogens is 386 g/mol. The van der Waals surface area contributed by atoms with E-state index in [0.29, 0.717) is 12.6 Å². The molecule has 0 aromatic heterocycles. The van der Waals surface area contributed by atoms with Gasteiger partial charge in [0.15, 0.2) is 0 Å². The van der Waals surface area contributed by atoms with Crippen LogP contribution in [0, 0.1) is 23.7 Å². The third-order valence-electron chi connectivity index (χ3n) is 9.34. The molecule has 2 heterocycles. The number of likely N-dealkylation sites (tertiary alicyclic amines) is 1. The second-order valence-corrected chi connectivity index (χ2v) is 11.2. The van der Waals surface area contributed by atoms with E-state index in [-0.39, 0.29) is 17.2 Å². The van der Waals surface area contributed by atoms with Crippen LogP contribution in [0.1, 0.15) is 57.4 Å². The van der Waals surface area contributed by atoms with Crippen LogP contribution in [-0.4, -0.2) is 48.9 Å². The van der Waals surface area contributed by atoms with Crippen LogP contribution >= 0.6 is 0 Å². The highest BCUT2D eigenvalue weighted by Gasteiger charge is 2.49. The molecule has 0 unspecified atom stereocenters. The highest BCUT2D eigenvalue weighted by Crippen LogP contribution is 2.53. The van der Waals surface area contributed by atoms with Crippen LogP contribution in [0.25, 0.3) is 0 Å². The first-order valence-electron chi connectivity index (χ1n) is 12.4. The zero-order valence-corrected chi connectivity index (χ0v) is 18.7. The quantitative estimate of drug-likeness (QED) is 0.815. The van der Waals surface area contributed by atoms with Crippen LogP contribution in [0.4, 0.5) is 5.69 Å². The molecule has 1 aromatic carbocycles. The summed E-state index contributed by atoms with van der Waals surface area (Å²) in [5.74, 6) is 3.71. The van der Waals surface area contributed by atoms with Crippen molar-refractivity contribution in [1.29, 1.82) is 0 Å².